The smallest absolute Gasteiger partial charge is 0.234 e. The summed E-state index contributed by atoms with van der Waals surface area (Å²) in [6, 6.07) is 0.488. The highest BCUT2D eigenvalue weighted by Crippen LogP contribution is 2.24. The highest BCUT2D eigenvalue weighted by Gasteiger charge is 2.25. The van der Waals surface area contributed by atoms with Crippen molar-refractivity contribution in [1.82, 2.24) is 10.2 Å². The Bertz CT molecular complexity index is 255. The summed E-state index contributed by atoms with van der Waals surface area (Å²) in [6.45, 7) is 6.45. The summed E-state index contributed by atoms with van der Waals surface area (Å²) in [5, 5.41) is 11.9. The van der Waals surface area contributed by atoms with Gasteiger partial charge in [0.05, 0.1) is 19.3 Å². The molecule has 0 aromatic heterocycles. The van der Waals surface area contributed by atoms with Crippen LogP contribution in [0.3, 0.4) is 0 Å². The minimum atomic E-state index is 0.0462. The third-order valence-corrected chi connectivity index (χ3v) is 3.42. The molecule has 0 atom stereocenters. The molecule has 0 aliphatic heterocycles. The van der Waals surface area contributed by atoms with Crippen LogP contribution in [0.2, 0.25) is 0 Å². The predicted molar refractivity (Wildman–Crippen MR) is 75.0 cm³/mol. The van der Waals surface area contributed by atoms with Gasteiger partial charge in [0.15, 0.2) is 0 Å². The first-order valence-corrected chi connectivity index (χ1v) is 7.36. The van der Waals surface area contributed by atoms with Gasteiger partial charge in [-0.1, -0.05) is 6.42 Å². The predicted octanol–water partition coefficient (Wildman–Crippen LogP) is 0.765. The van der Waals surface area contributed by atoms with E-state index in [1.165, 1.54) is 6.42 Å². The third kappa shape index (κ3) is 6.89. The molecule has 1 rings (SSSR count). The van der Waals surface area contributed by atoms with Crippen molar-refractivity contribution in [3.63, 3.8) is 0 Å². The molecular formula is C14H28N2O3. The van der Waals surface area contributed by atoms with Crippen LogP contribution in [0.1, 0.15) is 39.5 Å². The molecule has 0 aromatic rings. The largest absolute Gasteiger partial charge is 0.395 e. The fourth-order valence-electron chi connectivity index (χ4n) is 2.13. The summed E-state index contributed by atoms with van der Waals surface area (Å²) >= 11 is 0. The zero-order chi connectivity index (χ0) is 14.1. The van der Waals surface area contributed by atoms with Gasteiger partial charge in [-0.3, -0.25) is 9.69 Å². The van der Waals surface area contributed by atoms with Crippen LogP contribution in [0, 0.1) is 0 Å². The second kappa shape index (κ2) is 9.28. The second-order valence-corrected chi connectivity index (χ2v) is 5.40. The van der Waals surface area contributed by atoms with Gasteiger partial charge in [0.2, 0.25) is 5.91 Å². The molecule has 0 spiro atoms. The standard InChI is InChI=1S/C14H28N2O3/c1-12(2)19-10-4-7-15-14(18)11-16(8-9-17)13-5-3-6-13/h12-13,17H,3-11H2,1-2H3,(H,15,18). The Hall–Kier alpha value is -0.650. The highest BCUT2D eigenvalue weighted by molar-refractivity contribution is 5.78. The van der Waals surface area contributed by atoms with Gasteiger partial charge < -0.3 is 15.2 Å². The number of hydrogen-bond donors (Lipinski definition) is 2. The van der Waals surface area contributed by atoms with Crippen LogP contribution in [-0.2, 0) is 9.53 Å². The van der Waals surface area contributed by atoms with Crippen molar-refractivity contribution < 1.29 is 14.6 Å². The number of aliphatic hydroxyl groups excluding tert-OH is 1. The molecule has 0 aromatic carbocycles. The minimum absolute atomic E-state index is 0.0462. The Morgan fingerprint density at radius 3 is 2.74 bits per heavy atom. The van der Waals surface area contributed by atoms with Crippen molar-refractivity contribution in [3.8, 4) is 0 Å². The molecule has 5 nitrogen and oxygen atoms in total. The molecule has 112 valence electrons. The van der Waals surface area contributed by atoms with Gasteiger partial charge >= 0.3 is 0 Å². The van der Waals surface area contributed by atoms with E-state index in [-0.39, 0.29) is 18.6 Å². The number of nitrogens with zero attached hydrogens (tertiary/aromatic N) is 1. The summed E-state index contributed by atoms with van der Waals surface area (Å²) in [5.74, 6) is 0.0462. The SMILES string of the molecule is CC(C)OCCCNC(=O)CN(CCO)C1CCC1. The first-order chi connectivity index (χ1) is 9.13. The van der Waals surface area contributed by atoms with Gasteiger partial charge in [-0.15, -0.1) is 0 Å². The highest BCUT2D eigenvalue weighted by atomic mass is 16.5. The topological polar surface area (TPSA) is 61.8 Å². The zero-order valence-corrected chi connectivity index (χ0v) is 12.2. The van der Waals surface area contributed by atoms with Crippen LogP contribution in [0.15, 0.2) is 0 Å². The van der Waals surface area contributed by atoms with Gasteiger partial charge in [-0.25, -0.2) is 0 Å². The van der Waals surface area contributed by atoms with Crippen molar-refractivity contribution in [1.29, 1.82) is 0 Å². The minimum Gasteiger partial charge on any atom is -0.395 e. The molecule has 1 amide bonds. The Kier molecular flexibility index (Phi) is 8.02. The molecular weight excluding hydrogens is 244 g/mol. The van der Waals surface area contributed by atoms with Crippen LogP contribution < -0.4 is 5.32 Å². The first-order valence-electron chi connectivity index (χ1n) is 7.36. The molecule has 5 heteroatoms. The van der Waals surface area contributed by atoms with Crippen LogP contribution in [0.5, 0.6) is 0 Å². The average molecular weight is 272 g/mol. The van der Waals surface area contributed by atoms with E-state index in [1.807, 2.05) is 13.8 Å². The van der Waals surface area contributed by atoms with E-state index in [1.54, 1.807) is 0 Å². The lowest BCUT2D eigenvalue weighted by Crippen LogP contribution is -2.47. The van der Waals surface area contributed by atoms with Crippen LogP contribution in [0.25, 0.3) is 0 Å². The summed E-state index contributed by atoms with van der Waals surface area (Å²) in [4.78, 5) is 13.9. The fraction of sp³-hybridized carbons (Fsp3) is 0.929. The van der Waals surface area contributed by atoms with E-state index < -0.39 is 0 Å². The maximum atomic E-state index is 11.8. The van der Waals surface area contributed by atoms with Crippen molar-refractivity contribution in [3.05, 3.63) is 0 Å². The number of carbonyl (C=O) groups is 1. The van der Waals surface area contributed by atoms with E-state index in [4.69, 9.17) is 9.84 Å². The first kappa shape index (κ1) is 16.4. The second-order valence-electron chi connectivity index (χ2n) is 5.40. The summed E-state index contributed by atoms with van der Waals surface area (Å²) in [7, 11) is 0. The van der Waals surface area contributed by atoms with Gasteiger partial charge in [-0.05, 0) is 33.1 Å². The molecule has 1 aliphatic rings. The fourth-order valence-corrected chi connectivity index (χ4v) is 2.13. The van der Waals surface area contributed by atoms with E-state index in [0.29, 0.717) is 32.3 Å². The average Bonchev–Trinajstić information content (AvgIpc) is 2.26. The van der Waals surface area contributed by atoms with E-state index in [9.17, 15) is 4.79 Å². The Labute approximate surface area is 116 Å². The quantitative estimate of drug-likeness (QED) is 0.577. The lowest BCUT2D eigenvalue weighted by atomic mass is 9.91. The molecule has 0 bridgehead atoms. The summed E-state index contributed by atoms with van der Waals surface area (Å²) < 4.78 is 5.41. The number of rotatable bonds is 10. The van der Waals surface area contributed by atoms with Crippen molar-refractivity contribution in [2.75, 3.05) is 32.8 Å². The Balaban J connectivity index is 2.10. The number of ether oxygens (including phenoxy) is 1. The molecule has 2 N–H and O–H groups in total. The third-order valence-electron chi connectivity index (χ3n) is 3.42. The summed E-state index contributed by atoms with van der Waals surface area (Å²) in [5.41, 5.74) is 0. The molecule has 0 radical (unpaired) electrons. The van der Waals surface area contributed by atoms with Crippen LogP contribution in [-0.4, -0.2) is 60.9 Å². The van der Waals surface area contributed by atoms with Gasteiger partial charge in [0.1, 0.15) is 0 Å². The lowest BCUT2D eigenvalue weighted by Gasteiger charge is -2.36. The van der Waals surface area contributed by atoms with Crippen molar-refractivity contribution in [2.45, 2.75) is 51.7 Å². The number of hydrogen-bond acceptors (Lipinski definition) is 4. The monoisotopic (exact) mass is 272 g/mol. The molecule has 0 heterocycles. The van der Waals surface area contributed by atoms with Gasteiger partial charge in [0, 0.05) is 25.7 Å². The number of aliphatic hydroxyl groups is 1. The number of nitrogens with one attached hydrogen (secondary N) is 1. The van der Waals surface area contributed by atoms with Gasteiger partial charge in [0.25, 0.3) is 0 Å². The van der Waals surface area contributed by atoms with E-state index in [2.05, 4.69) is 10.2 Å². The van der Waals surface area contributed by atoms with Crippen LogP contribution in [0.4, 0.5) is 0 Å². The zero-order valence-electron chi connectivity index (χ0n) is 12.2. The van der Waals surface area contributed by atoms with Gasteiger partial charge in [-0.2, -0.15) is 0 Å². The number of carbonyl (C=O) groups excluding carboxylic acids is 1. The molecule has 0 unspecified atom stereocenters. The van der Waals surface area contributed by atoms with Crippen molar-refractivity contribution >= 4 is 5.91 Å². The number of amides is 1. The maximum absolute atomic E-state index is 11.8. The molecule has 1 saturated carbocycles. The maximum Gasteiger partial charge on any atom is 0.234 e. The molecule has 19 heavy (non-hydrogen) atoms. The Morgan fingerprint density at radius 2 is 2.21 bits per heavy atom. The van der Waals surface area contributed by atoms with Crippen molar-refractivity contribution in [2.24, 2.45) is 0 Å². The van der Waals surface area contributed by atoms with Crippen LogP contribution >= 0.6 is 0 Å². The molecule has 1 fully saturated rings. The van der Waals surface area contributed by atoms with E-state index in [0.717, 1.165) is 19.3 Å². The Morgan fingerprint density at radius 1 is 1.47 bits per heavy atom. The molecule has 0 saturated heterocycles. The van der Waals surface area contributed by atoms with E-state index >= 15 is 0 Å². The lowest BCUT2D eigenvalue weighted by molar-refractivity contribution is -0.123. The summed E-state index contributed by atoms with van der Waals surface area (Å²) in [6.07, 6.45) is 4.62. The normalized spacial score (nSPS) is 15.8. The molecule has 1 aliphatic carbocycles.